The van der Waals surface area contributed by atoms with E-state index in [0.29, 0.717) is 11.3 Å². The Morgan fingerprint density at radius 2 is 2.00 bits per heavy atom. The van der Waals surface area contributed by atoms with E-state index in [2.05, 4.69) is 0 Å². The molecule has 1 aromatic heterocycles. The van der Waals surface area contributed by atoms with Gasteiger partial charge in [-0.15, -0.1) is 0 Å². The van der Waals surface area contributed by atoms with E-state index >= 15 is 0 Å². The Hall–Kier alpha value is -3.68. The van der Waals surface area contributed by atoms with Crippen LogP contribution in [-0.2, 0) is 9.59 Å². The molecule has 0 fully saturated rings. The average molecular weight is 354 g/mol. The van der Waals surface area contributed by atoms with E-state index < -0.39 is 28.4 Å². The summed E-state index contributed by atoms with van der Waals surface area (Å²) >= 11 is 0. The Morgan fingerprint density at radius 1 is 1.31 bits per heavy atom. The number of carbonyl (C=O) groups is 2. The maximum Gasteiger partial charge on any atom is 0.289 e. The van der Waals surface area contributed by atoms with Crippen molar-refractivity contribution in [3.05, 3.63) is 81.5 Å². The Morgan fingerprint density at radius 3 is 2.58 bits per heavy atom. The summed E-state index contributed by atoms with van der Waals surface area (Å²) in [4.78, 5) is 36.2. The fraction of sp³-hybridized carbons (Fsp3) is 0.111. The number of amides is 1. The molecule has 1 unspecified atom stereocenters. The van der Waals surface area contributed by atoms with Crippen molar-refractivity contribution in [2.24, 2.45) is 0 Å². The molecular formula is C18H14N2O6. The van der Waals surface area contributed by atoms with Gasteiger partial charge in [0.25, 0.3) is 11.6 Å². The van der Waals surface area contributed by atoms with Crippen molar-refractivity contribution < 1.29 is 24.0 Å². The number of benzene rings is 1. The van der Waals surface area contributed by atoms with E-state index in [1.165, 1.54) is 54.6 Å². The largest absolute Gasteiger partial charge is 0.503 e. The van der Waals surface area contributed by atoms with Crippen LogP contribution in [0.4, 0.5) is 5.69 Å². The van der Waals surface area contributed by atoms with Gasteiger partial charge in [-0.3, -0.25) is 19.7 Å². The number of hydrogen-bond acceptors (Lipinski definition) is 6. The number of nitrogens with zero attached hydrogens (tertiary/aromatic N) is 2. The standard InChI is InChI=1S/C18H14N2O6/c1-19-16(11-4-6-12(7-5-11)20(24)25)15(17(22)18(19)23)14(21)9-8-13-3-2-10-26-13/h2-10,16,22H,1H3/b9-8+. The number of rotatable bonds is 5. The first-order chi connectivity index (χ1) is 12.4. The number of nitro benzene ring substituents is 1. The molecule has 0 aliphatic carbocycles. The van der Waals surface area contributed by atoms with Gasteiger partial charge in [0.1, 0.15) is 5.76 Å². The van der Waals surface area contributed by atoms with Gasteiger partial charge in [-0.05, 0) is 42.0 Å². The van der Waals surface area contributed by atoms with Gasteiger partial charge in [0.05, 0.1) is 22.8 Å². The summed E-state index contributed by atoms with van der Waals surface area (Å²) in [5, 5.41) is 20.9. The van der Waals surface area contributed by atoms with Crippen LogP contribution in [0.5, 0.6) is 0 Å². The maximum atomic E-state index is 12.6. The van der Waals surface area contributed by atoms with Crippen LogP contribution in [0.15, 0.2) is 64.5 Å². The zero-order chi connectivity index (χ0) is 18.8. The minimum absolute atomic E-state index is 0.0887. The molecule has 1 atom stereocenters. The monoisotopic (exact) mass is 354 g/mol. The third kappa shape index (κ3) is 3.00. The minimum Gasteiger partial charge on any atom is -0.503 e. The first kappa shape index (κ1) is 17.2. The van der Waals surface area contributed by atoms with E-state index in [4.69, 9.17) is 4.42 Å². The van der Waals surface area contributed by atoms with E-state index in [-0.39, 0.29) is 11.3 Å². The number of nitro groups is 1. The van der Waals surface area contributed by atoms with E-state index in [1.807, 2.05) is 0 Å². The van der Waals surface area contributed by atoms with Crippen molar-refractivity contribution in [3.8, 4) is 0 Å². The van der Waals surface area contributed by atoms with Crippen molar-refractivity contribution in [2.45, 2.75) is 6.04 Å². The highest BCUT2D eigenvalue weighted by atomic mass is 16.6. The lowest BCUT2D eigenvalue weighted by Gasteiger charge is -2.22. The number of furan rings is 1. The van der Waals surface area contributed by atoms with Crippen LogP contribution >= 0.6 is 0 Å². The van der Waals surface area contributed by atoms with Gasteiger partial charge in [-0.1, -0.05) is 0 Å². The molecule has 8 nitrogen and oxygen atoms in total. The number of aliphatic hydroxyl groups is 1. The van der Waals surface area contributed by atoms with Crippen LogP contribution in [0.3, 0.4) is 0 Å². The Bertz CT molecular complexity index is 925. The van der Waals surface area contributed by atoms with Crippen molar-refractivity contribution in [2.75, 3.05) is 7.05 Å². The molecule has 8 heteroatoms. The van der Waals surface area contributed by atoms with Crippen molar-refractivity contribution >= 4 is 23.5 Å². The van der Waals surface area contributed by atoms with Crippen LogP contribution in [0.25, 0.3) is 6.08 Å². The van der Waals surface area contributed by atoms with E-state index in [0.717, 1.165) is 0 Å². The van der Waals surface area contributed by atoms with Gasteiger partial charge in [-0.25, -0.2) is 0 Å². The number of aliphatic hydroxyl groups excluding tert-OH is 1. The Balaban J connectivity index is 1.96. The number of ketones is 1. The molecule has 1 aliphatic heterocycles. The first-order valence-corrected chi connectivity index (χ1v) is 7.60. The van der Waals surface area contributed by atoms with Crippen LogP contribution < -0.4 is 0 Å². The second kappa shape index (κ2) is 6.67. The molecule has 1 aliphatic rings. The number of allylic oxidation sites excluding steroid dienone is 1. The predicted molar refractivity (Wildman–Crippen MR) is 91.0 cm³/mol. The van der Waals surface area contributed by atoms with Crippen LogP contribution in [0, 0.1) is 10.1 Å². The van der Waals surface area contributed by atoms with Gasteiger partial charge in [-0.2, -0.15) is 0 Å². The predicted octanol–water partition coefficient (Wildman–Crippen LogP) is 2.80. The van der Waals surface area contributed by atoms with E-state index in [9.17, 15) is 24.8 Å². The van der Waals surface area contributed by atoms with Crippen LogP contribution in [0.1, 0.15) is 17.4 Å². The summed E-state index contributed by atoms with van der Waals surface area (Å²) in [6.45, 7) is 0. The highest BCUT2D eigenvalue weighted by molar-refractivity contribution is 6.14. The molecule has 26 heavy (non-hydrogen) atoms. The molecule has 0 bridgehead atoms. The summed E-state index contributed by atoms with van der Waals surface area (Å²) in [6.07, 6.45) is 4.08. The molecule has 0 saturated carbocycles. The quantitative estimate of drug-likeness (QED) is 0.502. The number of carbonyl (C=O) groups excluding carboxylic acids is 2. The topological polar surface area (TPSA) is 114 Å². The third-order valence-corrected chi connectivity index (χ3v) is 4.07. The summed E-state index contributed by atoms with van der Waals surface area (Å²) in [7, 11) is 1.45. The van der Waals surface area contributed by atoms with Gasteiger partial charge < -0.3 is 14.4 Å². The SMILES string of the molecule is CN1C(=O)C(O)=C(C(=O)/C=C/c2ccco2)C1c1ccc([N+](=O)[O-])cc1. The zero-order valence-electron chi connectivity index (χ0n) is 13.7. The molecule has 1 amide bonds. The molecular weight excluding hydrogens is 340 g/mol. The summed E-state index contributed by atoms with van der Waals surface area (Å²) < 4.78 is 5.10. The van der Waals surface area contributed by atoms with Crippen LogP contribution in [0.2, 0.25) is 0 Å². The summed E-state index contributed by atoms with van der Waals surface area (Å²) in [5.74, 6) is -1.43. The second-order valence-electron chi connectivity index (χ2n) is 5.64. The molecule has 1 N–H and O–H groups in total. The second-order valence-corrected chi connectivity index (χ2v) is 5.64. The lowest BCUT2D eigenvalue weighted by atomic mass is 9.96. The molecule has 2 heterocycles. The number of hydrogen-bond donors (Lipinski definition) is 1. The molecule has 0 radical (unpaired) electrons. The Kier molecular flexibility index (Phi) is 4.40. The zero-order valence-corrected chi connectivity index (χ0v) is 13.7. The lowest BCUT2D eigenvalue weighted by Crippen LogP contribution is -2.26. The van der Waals surface area contributed by atoms with Crippen molar-refractivity contribution in [1.29, 1.82) is 0 Å². The highest BCUT2D eigenvalue weighted by Gasteiger charge is 2.40. The molecule has 1 aromatic carbocycles. The molecule has 3 rings (SSSR count). The smallest absolute Gasteiger partial charge is 0.289 e. The fourth-order valence-corrected chi connectivity index (χ4v) is 2.78. The summed E-state index contributed by atoms with van der Waals surface area (Å²) in [6, 6.07) is 7.94. The van der Waals surface area contributed by atoms with Gasteiger partial charge in [0.15, 0.2) is 11.5 Å². The number of non-ortho nitro benzene ring substituents is 1. The number of likely N-dealkylation sites (N-methyl/N-ethyl adjacent to an activating group) is 1. The van der Waals surface area contributed by atoms with Crippen molar-refractivity contribution in [3.63, 3.8) is 0 Å². The molecule has 2 aromatic rings. The minimum atomic E-state index is -0.836. The highest BCUT2D eigenvalue weighted by Crippen LogP contribution is 2.37. The maximum absolute atomic E-state index is 12.6. The lowest BCUT2D eigenvalue weighted by molar-refractivity contribution is -0.384. The first-order valence-electron chi connectivity index (χ1n) is 7.60. The summed E-state index contributed by atoms with van der Waals surface area (Å²) in [5.41, 5.74) is 0.277. The van der Waals surface area contributed by atoms with Crippen LogP contribution in [-0.4, -0.2) is 33.7 Å². The van der Waals surface area contributed by atoms with Gasteiger partial charge in [0, 0.05) is 19.2 Å². The average Bonchev–Trinajstić information content (AvgIpc) is 3.22. The van der Waals surface area contributed by atoms with E-state index in [1.54, 1.807) is 12.1 Å². The molecule has 132 valence electrons. The normalized spacial score (nSPS) is 17.3. The van der Waals surface area contributed by atoms with Gasteiger partial charge in [0.2, 0.25) is 0 Å². The molecule has 0 saturated heterocycles. The van der Waals surface area contributed by atoms with Gasteiger partial charge >= 0.3 is 0 Å². The third-order valence-electron chi connectivity index (χ3n) is 4.07. The molecule has 0 spiro atoms. The fourth-order valence-electron chi connectivity index (χ4n) is 2.78. The Labute approximate surface area is 147 Å². The van der Waals surface area contributed by atoms with Crippen molar-refractivity contribution in [1.82, 2.24) is 4.90 Å².